The fourth-order valence-electron chi connectivity index (χ4n) is 6.98. The summed E-state index contributed by atoms with van der Waals surface area (Å²) in [6.45, 7) is 6.78. The molecule has 10 heteroatoms. The van der Waals surface area contributed by atoms with Crippen molar-refractivity contribution in [2.45, 2.75) is 77.2 Å². The van der Waals surface area contributed by atoms with Crippen LogP contribution in [0.4, 0.5) is 17.5 Å². The van der Waals surface area contributed by atoms with Crippen LogP contribution in [0.2, 0.25) is 0 Å². The molecule has 0 radical (unpaired) electrons. The molecule has 2 saturated heterocycles. The molecule has 2 aromatic rings. The van der Waals surface area contributed by atoms with Gasteiger partial charge in [-0.2, -0.15) is 4.98 Å². The van der Waals surface area contributed by atoms with Gasteiger partial charge in [-0.3, -0.25) is 19.2 Å². The zero-order chi connectivity index (χ0) is 27.0. The molecule has 1 spiro atoms. The second kappa shape index (κ2) is 10.5. The zero-order valence-electron chi connectivity index (χ0n) is 22.9. The SMILES string of the molecule is CC1(C)CC2CCCNc3cccc(n3)OSNC(=O)c3ccc(N4CCC5(CCCCC5)C4=O)nc3N1C2. The Kier molecular flexibility index (Phi) is 7.07. The highest BCUT2D eigenvalue weighted by molar-refractivity contribution is 7.93. The van der Waals surface area contributed by atoms with E-state index < -0.39 is 0 Å². The zero-order valence-corrected chi connectivity index (χ0v) is 23.7. The van der Waals surface area contributed by atoms with Crippen molar-refractivity contribution in [1.82, 2.24) is 14.7 Å². The number of hydrogen-bond acceptors (Lipinski definition) is 8. The van der Waals surface area contributed by atoms with Crippen LogP contribution in [0.15, 0.2) is 30.3 Å². The second-order valence-corrected chi connectivity index (χ2v) is 12.6. The number of nitrogens with zero attached hydrogens (tertiary/aromatic N) is 4. The second-order valence-electron chi connectivity index (χ2n) is 12.1. The van der Waals surface area contributed by atoms with Gasteiger partial charge in [-0.25, -0.2) is 4.98 Å². The molecular formula is C29H38N6O3S. The Morgan fingerprint density at radius 2 is 1.87 bits per heavy atom. The van der Waals surface area contributed by atoms with E-state index in [1.54, 1.807) is 6.07 Å². The van der Waals surface area contributed by atoms with Gasteiger partial charge in [0, 0.05) is 31.2 Å². The largest absolute Gasteiger partial charge is 0.385 e. The lowest BCUT2D eigenvalue weighted by Crippen LogP contribution is -2.41. The topological polar surface area (TPSA) is 99.7 Å². The predicted molar refractivity (Wildman–Crippen MR) is 154 cm³/mol. The molecule has 4 aliphatic rings. The number of fused-ring (bicyclic) bond motifs is 6. The summed E-state index contributed by atoms with van der Waals surface area (Å²) < 4.78 is 8.47. The first-order valence-electron chi connectivity index (χ1n) is 14.3. The minimum atomic E-state index is -0.286. The van der Waals surface area contributed by atoms with Gasteiger partial charge >= 0.3 is 0 Å². The smallest absolute Gasteiger partial charge is 0.267 e. The first-order valence-corrected chi connectivity index (χ1v) is 15.0. The van der Waals surface area contributed by atoms with E-state index in [0.717, 1.165) is 82.5 Å². The van der Waals surface area contributed by atoms with Crippen LogP contribution in [0.1, 0.15) is 82.0 Å². The van der Waals surface area contributed by atoms with Crippen molar-refractivity contribution < 1.29 is 13.8 Å². The molecule has 9 nitrogen and oxygen atoms in total. The minimum absolute atomic E-state index is 0.176. The maximum Gasteiger partial charge on any atom is 0.267 e. The van der Waals surface area contributed by atoms with Gasteiger partial charge in [0.15, 0.2) is 12.2 Å². The molecule has 5 heterocycles. The Morgan fingerprint density at radius 1 is 1.03 bits per heavy atom. The van der Waals surface area contributed by atoms with Crippen LogP contribution < -0.4 is 24.0 Å². The Balaban J connectivity index is 1.32. The maximum atomic E-state index is 13.7. The molecule has 2 aromatic heterocycles. The third kappa shape index (κ3) is 5.15. The van der Waals surface area contributed by atoms with Crippen molar-refractivity contribution in [3.05, 3.63) is 35.9 Å². The number of carbonyl (C=O) groups is 2. The van der Waals surface area contributed by atoms with Crippen LogP contribution in [0, 0.1) is 11.3 Å². The Bertz CT molecular complexity index is 1250. The fourth-order valence-corrected chi connectivity index (χ4v) is 7.39. The lowest BCUT2D eigenvalue weighted by molar-refractivity contribution is -0.127. The van der Waals surface area contributed by atoms with Crippen LogP contribution in [-0.2, 0) is 4.79 Å². The van der Waals surface area contributed by atoms with Crippen molar-refractivity contribution in [2.24, 2.45) is 11.3 Å². The van der Waals surface area contributed by atoms with E-state index in [1.807, 2.05) is 29.2 Å². The first-order chi connectivity index (χ1) is 18.8. The number of rotatable bonds is 1. The molecule has 0 aromatic carbocycles. The monoisotopic (exact) mass is 550 g/mol. The van der Waals surface area contributed by atoms with Crippen molar-refractivity contribution in [3.63, 3.8) is 0 Å². The molecule has 6 rings (SSSR count). The van der Waals surface area contributed by atoms with Crippen molar-refractivity contribution in [1.29, 1.82) is 0 Å². The van der Waals surface area contributed by atoms with E-state index in [9.17, 15) is 9.59 Å². The summed E-state index contributed by atoms with van der Waals surface area (Å²) >= 11 is 0.846. The molecular weight excluding hydrogens is 512 g/mol. The molecule has 1 unspecified atom stereocenters. The Labute approximate surface area is 234 Å². The van der Waals surface area contributed by atoms with E-state index in [4.69, 9.17) is 9.17 Å². The van der Waals surface area contributed by atoms with Crippen molar-refractivity contribution >= 4 is 41.5 Å². The highest BCUT2D eigenvalue weighted by Crippen LogP contribution is 2.46. The Morgan fingerprint density at radius 3 is 2.72 bits per heavy atom. The predicted octanol–water partition coefficient (Wildman–Crippen LogP) is 5.35. The van der Waals surface area contributed by atoms with Gasteiger partial charge < -0.3 is 14.4 Å². The molecule has 2 N–H and O–H groups in total. The van der Waals surface area contributed by atoms with E-state index in [0.29, 0.717) is 35.5 Å². The molecule has 3 aliphatic heterocycles. The lowest BCUT2D eigenvalue weighted by atomic mass is 9.73. The number of carbonyl (C=O) groups excluding carboxylic acids is 2. The van der Waals surface area contributed by atoms with Gasteiger partial charge in [-0.15, -0.1) is 0 Å². The molecule has 4 bridgehead atoms. The molecule has 3 fully saturated rings. The summed E-state index contributed by atoms with van der Waals surface area (Å²) in [7, 11) is 0. The number of hydrogen-bond donors (Lipinski definition) is 2. The van der Waals surface area contributed by atoms with E-state index in [-0.39, 0.29) is 22.8 Å². The first kappa shape index (κ1) is 26.2. The number of amides is 2. The molecule has 1 aliphatic carbocycles. The highest BCUT2D eigenvalue weighted by atomic mass is 32.2. The summed E-state index contributed by atoms with van der Waals surface area (Å²) in [6.07, 6.45) is 9.38. The van der Waals surface area contributed by atoms with Gasteiger partial charge in [0.05, 0.1) is 11.0 Å². The van der Waals surface area contributed by atoms with Crippen LogP contribution in [0.25, 0.3) is 0 Å². The maximum absolute atomic E-state index is 13.7. The standard InChI is InChI=1S/C29H38N6O3S/c1-28(2)18-20-8-7-16-30-22-9-6-10-24(31-22)38-39-33-26(36)21-11-12-23(32-25(21)35(28)19-20)34-17-15-29(27(34)37)13-4-3-5-14-29/h6,9-12,20H,3-5,7-8,13-19H2,1-2H3,(H,30,31)(H,33,36). The van der Waals surface area contributed by atoms with Gasteiger partial charge in [0.1, 0.15) is 17.5 Å². The third-order valence-electron chi connectivity index (χ3n) is 9.00. The number of anilines is 3. The van der Waals surface area contributed by atoms with Gasteiger partial charge in [-0.05, 0) is 76.5 Å². The van der Waals surface area contributed by atoms with Gasteiger partial charge in [0.2, 0.25) is 11.8 Å². The average molecular weight is 551 g/mol. The third-order valence-corrected chi connectivity index (χ3v) is 9.52. The molecule has 208 valence electrons. The summed E-state index contributed by atoms with van der Waals surface area (Å²) in [6, 6.07) is 9.21. The summed E-state index contributed by atoms with van der Waals surface area (Å²) in [5, 5.41) is 3.39. The number of aromatic nitrogens is 2. The van der Waals surface area contributed by atoms with E-state index in [2.05, 4.69) is 33.8 Å². The summed E-state index contributed by atoms with van der Waals surface area (Å²) in [4.78, 5) is 40.8. The number of nitrogens with one attached hydrogen (secondary N) is 2. The molecule has 1 saturated carbocycles. The summed E-state index contributed by atoms with van der Waals surface area (Å²) in [5.74, 6) is 2.86. The number of pyridine rings is 2. The minimum Gasteiger partial charge on any atom is -0.385 e. The normalized spacial score (nSPS) is 24.6. The molecule has 39 heavy (non-hydrogen) atoms. The van der Waals surface area contributed by atoms with Crippen LogP contribution in [0.5, 0.6) is 5.88 Å². The lowest BCUT2D eigenvalue weighted by Gasteiger charge is -2.34. The quantitative estimate of drug-likeness (QED) is 0.362. The van der Waals surface area contributed by atoms with E-state index in [1.165, 1.54) is 6.42 Å². The molecule has 2 amide bonds. The van der Waals surface area contributed by atoms with Crippen LogP contribution in [0.3, 0.4) is 0 Å². The van der Waals surface area contributed by atoms with Gasteiger partial charge in [-0.1, -0.05) is 25.3 Å². The van der Waals surface area contributed by atoms with Gasteiger partial charge in [0.25, 0.3) is 5.91 Å². The Hall–Kier alpha value is -3.01. The van der Waals surface area contributed by atoms with Crippen molar-refractivity contribution in [2.75, 3.05) is 34.8 Å². The van der Waals surface area contributed by atoms with E-state index >= 15 is 0 Å². The molecule has 1 atom stereocenters. The summed E-state index contributed by atoms with van der Waals surface area (Å²) in [5.41, 5.74) is 0.0782. The van der Waals surface area contributed by atoms with Crippen LogP contribution in [-0.4, -0.2) is 47.0 Å². The average Bonchev–Trinajstić information content (AvgIpc) is 3.41. The fraction of sp³-hybridized carbons (Fsp3) is 0.586. The van der Waals surface area contributed by atoms with Crippen molar-refractivity contribution in [3.8, 4) is 5.88 Å². The highest BCUT2D eigenvalue weighted by Gasteiger charge is 2.48. The van der Waals surface area contributed by atoms with Crippen LogP contribution >= 0.6 is 12.2 Å².